The van der Waals surface area contributed by atoms with Crippen molar-refractivity contribution in [1.29, 1.82) is 0 Å². The number of hydrogen-bond acceptors (Lipinski definition) is 9. The molecule has 9 nitrogen and oxygen atoms in total. The van der Waals surface area contributed by atoms with Crippen molar-refractivity contribution >= 4 is 20.1 Å². The number of rotatable bonds is 7. The summed E-state index contributed by atoms with van der Waals surface area (Å²) >= 11 is 0. The van der Waals surface area contributed by atoms with Crippen LogP contribution in [-0.2, 0) is 18.7 Å². The Bertz CT molecular complexity index is 1280. The Hall–Kier alpha value is -1.92. The van der Waals surface area contributed by atoms with Gasteiger partial charge in [-0.2, -0.15) is 0 Å². The monoisotopic (exact) mass is 616 g/mol. The van der Waals surface area contributed by atoms with Gasteiger partial charge in [-0.3, -0.25) is 4.79 Å². The summed E-state index contributed by atoms with van der Waals surface area (Å²) < 4.78 is 19.2. The predicted octanol–water partition coefficient (Wildman–Crippen LogP) is 3.54. The highest BCUT2D eigenvalue weighted by molar-refractivity contribution is 6.73. The number of ether oxygens (including phenoxy) is 2. The average molecular weight is 617 g/mol. The third-order valence-electron chi connectivity index (χ3n) is 11.9. The molecule has 0 unspecified atom stereocenters. The fourth-order valence-electron chi connectivity index (χ4n) is 8.72. The number of esters is 1. The first-order valence-corrected chi connectivity index (χ1v) is 18.2. The minimum Gasteiger partial charge on any atom is -0.455 e. The highest BCUT2D eigenvalue weighted by Gasteiger charge is 2.76. The number of carbonyl (C=O) groups excluding carboxylic acids is 2. The fourth-order valence-corrected chi connectivity index (χ4v) is 11.7. The van der Waals surface area contributed by atoms with Crippen molar-refractivity contribution in [3.05, 3.63) is 47.0 Å². The molecule has 1 aromatic carbocycles. The molecule has 4 N–H and O–H groups in total. The molecule has 0 amide bonds. The molecule has 10 heteroatoms. The number of aliphatic hydroxyl groups is 4. The zero-order valence-corrected chi connectivity index (χ0v) is 27.4. The van der Waals surface area contributed by atoms with Crippen LogP contribution in [0.4, 0.5) is 0 Å². The molecule has 4 aliphatic rings. The van der Waals surface area contributed by atoms with Gasteiger partial charge in [0.2, 0.25) is 0 Å². The van der Waals surface area contributed by atoms with E-state index in [1.165, 1.54) is 0 Å². The van der Waals surface area contributed by atoms with Crippen molar-refractivity contribution in [3.8, 4) is 0 Å². The lowest BCUT2D eigenvalue weighted by Crippen LogP contribution is -2.81. The molecule has 5 rings (SSSR count). The number of Topliss-reactive ketones (excluding diaryl/α,β-unsaturated/α-hetero) is 1. The average Bonchev–Trinajstić information content (AvgIpc) is 2.98. The smallest absolute Gasteiger partial charge is 0.338 e. The number of benzene rings is 1. The lowest BCUT2D eigenvalue weighted by Gasteiger charge is -2.67. The number of ketones is 1. The van der Waals surface area contributed by atoms with E-state index in [1.807, 2.05) is 0 Å². The molecule has 0 spiro atoms. The lowest BCUT2D eigenvalue weighted by atomic mass is 9.45. The Kier molecular flexibility index (Phi) is 8.20. The van der Waals surface area contributed by atoms with E-state index >= 15 is 0 Å². The maximum Gasteiger partial charge on any atom is 0.338 e. The predicted molar refractivity (Wildman–Crippen MR) is 162 cm³/mol. The molecule has 1 heterocycles. The van der Waals surface area contributed by atoms with Crippen LogP contribution in [0.3, 0.4) is 0 Å². The Morgan fingerprint density at radius 1 is 1.05 bits per heavy atom. The molecular weight excluding hydrogens is 568 g/mol. The molecule has 0 aromatic heterocycles. The van der Waals surface area contributed by atoms with Gasteiger partial charge in [0.05, 0.1) is 35.9 Å². The van der Waals surface area contributed by atoms with Gasteiger partial charge < -0.3 is 34.3 Å². The van der Waals surface area contributed by atoms with E-state index in [0.29, 0.717) is 5.57 Å². The third kappa shape index (κ3) is 4.46. The van der Waals surface area contributed by atoms with E-state index in [1.54, 1.807) is 58.0 Å². The highest BCUT2D eigenvalue weighted by Crippen LogP contribution is 2.63. The van der Waals surface area contributed by atoms with Gasteiger partial charge >= 0.3 is 5.97 Å². The van der Waals surface area contributed by atoms with Crippen LogP contribution in [0.15, 0.2) is 41.5 Å². The van der Waals surface area contributed by atoms with Gasteiger partial charge in [0.15, 0.2) is 14.1 Å². The van der Waals surface area contributed by atoms with Crippen molar-refractivity contribution in [2.75, 3.05) is 6.61 Å². The fraction of sp³-hybridized carbons (Fsp3) is 0.697. The van der Waals surface area contributed by atoms with E-state index in [4.69, 9.17) is 13.9 Å². The number of fused-ring (bicyclic) bond motifs is 5. The third-order valence-corrected chi connectivity index (χ3v) is 16.6. The molecule has 1 aromatic rings. The van der Waals surface area contributed by atoms with Crippen LogP contribution in [-0.4, -0.2) is 88.8 Å². The second-order valence-corrected chi connectivity index (χ2v) is 18.7. The van der Waals surface area contributed by atoms with E-state index in [0.717, 1.165) is 18.1 Å². The molecule has 9 atom stereocenters. The van der Waals surface area contributed by atoms with Crippen molar-refractivity contribution in [3.63, 3.8) is 0 Å². The molecule has 1 saturated heterocycles. The number of carbonyl (C=O) groups is 2. The van der Waals surface area contributed by atoms with E-state index in [2.05, 4.69) is 20.8 Å². The minimum atomic E-state index is -2.36. The maximum atomic E-state index is 14.9. The quantitative estimate of drug-likeness (QED) is 0.206. The van der Waals surface area contributed by atoms with Gasteiger partial charge in [-0.05, 0) is 55.3 Å². The summed E-state index contributed by atoms with van der Waals surface area (Å²) in [5.41, 5.74) is -5.69. The number of aliphatic hydroxyl groups excluding tert-OH is 2. The summed E-state index contributed by atoms with van der Waals surface area (Å²) in [7, 11) is -2.36. The van der Waals surface area contributed by atoms with Gasteiger partial charge in [-0.25, -0.2) is 4.79 Å². The summed E-state index contributed by atoms with van der Waals surface area (Å²) in [5, 5.41) is 48.4. The van der Waals surface area contributed by atoms with Gasteiger partial charge in [0.25, 0.3) is 0 Å². The molecular formula is C33H48O9Si. The van der Waals surface area contributed by atoms with Gasteiger partial charge in [-0.15, -0.1) is 0 Å². The first kappa shape index (κ1) is 32.5. The molecule has 1 aliphatic heterocycles. The maximum absolute atomic E-state index is 14.9. The van der Waals surface area contributed by atoms with Crippen LogP contribution in [0.25, 0.3) is 0 Å². The Morgan fingerprint density at radius 2 is 1.65 bits per heavy atom. The number of hydrogen-bond donors (Lipinski definition) is 4. The van der Waals surface area contributed by atoms with Gasteiger partial charge in [0, 0.05) is 24.2 Å². The van der Waals surface area contributed by atoms with Crippen LogP contribution >= 0.6 is 0 Å². The molecule has 2 bridgehead atoms. The topological polar surface area (TPSA) is 143 Å². The largest absolute Gasteiger partial charge is 0.455 e. The van der Waals surface area contributed by atoms with Gasteiger partial charge in [0.1, 0.15) is 23.4 Å². The van der Waals surface area contributed by atoms with Crippen molar-refractivity contribution < 1.29 is 43.9 Å². The highest BCUT2D eigenvalue weighted by atomic mass is 28.4. The van der Waals surface area contributed by atoms with E-state index in [9.17, 15) is 30.0 Å². The summed E-state index contributed by atoms with van der Waals surface area (Å²) in [4.78, 5) is 28.7. The molecule has 238 valence electrons. The van der Waals surface area contributed by atoms with Crippen molar-refractivity contribution in [1.82, 2.24) is 0 Å². The first-order chi connectivity index (χ1) is 20.1. The van der Waals surface area contributed by atoms with Gasteiger partial charge in [-0.1, -0.05) is 52.8 Å². The van der Waals surface area contributed by atoms with Crippen LogP contribution in [0.2, 0.25) is 18.1 Å². The lowest BCUT2D eigenvalue weighted by molar-refractivity contribution is -0.342. The summed E-state index contributed by atoms with van der Waals surface area (Å²) in [6.45, 7) is 12.9. The second kappa shape index (κ2) is 10.9. The van der Waals surface area contributed by atoms with Crippen LogP contribution in [0.1, 0.15) is 71.7 Å². The molecule has 43 heavy (non-hydrogen) atoms. The zero-order valence-electron chi connectivity index (χ0n) is 26.4. The Labute approximate surface area is 255 Å². The zero-order chi connectivity index (χ0) is 31.8. The molecule has 3 aliphatic carbocycles. The molecule has 3 fully saturated rings. The van der Waals surface area contributed by atoms with E-state index < -0.39 is 78.5 Å². The summed E-state index contributed by atoms with van der Waals surface area (Å²) in [5.74, 6) is -2.51. The minimum absolute atomic E-state index is 0.133. The van der Waals surface area contributed by atoms with Crippen molar-refractivity contribution in [2.45, 2.75) is 121 Å². The Morgan fingerprint density at radius 3 is 2.19 bits per heavy atom. The normalized spacial score (nSPS) is 40.5. The standard InChI is InChI=1S/C33H48O9Si/c1-8-43(9-2,10-3)42-22-16-23-32(38,18-40-23)26-28(41-29(37)20-14-12-11-13-15-20)33(39)17-21(34)19(4)24(30(33,5)6)25(35)27(36)31(22,26)7/h11-15,21-23,25-26,28,34-35,38-39H,8-10,16-18H2,1-7H3/t21-,22-,23+,25+,26-,28-,31+,32-,33+/m0/s1. The summed E-state index contributed by atoms with van der Waals surface area (Å²) in [6.07, 6.45) is -5.85. The van der Waals surface area contributed by atoms with E-state index in [-0.39, 0.29) is 30.6 Å². The van der Waals surface area contributed by atoms with Crippen LogP contribution in [0.5, 0.6) is 0 Å². The first-order valence-electron chi connectivity index (χ1n) is 15.7. The van der Waals surface area contributed by atoms with Crippen LogP contribution in [0, 0.1) is 16.7 Å². The second-order valence-electron chi connectivity index (χ2n) is 14.0. The molecule has 2 saturated carbocycles. The molecule has 0 radical (unpaired) electrons. The Balaban J connectivity index is 1.79. The van der Waals surface area contributed by atoms with Crippen LogP contribution < -0.4 is 0 Å². The van der Waals surface area contributed by atoms with Crippen molar-refractivity contribution in [2.24, 2.45) is 16.7 Å². The SMILES string of the molecule is CC[Si](CC)(CC)O[C@H]1C[C@H]2OC[C@@]2(O)[C@H]2[C@H](OC(=O)c3ccccc3)[C@]3(O)C[C@H](O)C(C)=C([C@@H](O)C(=O)[C@]12C)C3(C)C. The summed E-state index contributed by atoms with van der Waals surface area (Å²) in [6, 6.07) is 10.8.